The summed E-state index contributed by atoms with van der Waals surface area (Å²) in [5, 5.41) is 0. The van der Waals surface area contributed by atoms with Gasteiger partial charge in [0.1, 0.15) is 0 Å². The molecule has 0 amide bonds. The molecule has 11 heavy (non-hydrogen) atoms. The third-order valence-corrected chi connectivity index (χ3v) is 3.09. The molecule has 0 N–H and O–H groups in total. The van der Waals surface area contributed by atoms with Crippen molar-refractivity contribution in [1.82, 2.24) is 0 Å². The topological polar surface area (TPSA) is 18.5 Å². The molecule has 0 atom stereocenters. The molecule has 2 nitrogen and oxygen atoms in total. The summed E-state index contributed by atoms with van der Waals surface area (Å²) in [6.45, 7) is 7.80. The Morgan fingerprint density at radius 3 is 2.00 bits per heavy atom. The van der Waals surface area contributed by atoms with Crippen LogP contribution >= 0.6 is 0 Å². The first-order valence-corrected chi connectivity index (χ1v) is 6.58. The smallest absolute Gasteiger partial charge is 0.154 e. The first-order chi connectivity index (χ1) is 5.35. The summed E-state index contributed by atoms with van der Waals surface area (Å²) >= 11 is 0. The molecule has 0 aliphatic heterocycles. The maximum absolute atomic E-state index is 5.40. The van der Waals surface area contributed by atoms with E-state index >= 15 is 0 Å². The molecule has 0 aromatic carbocycles. The highest BCUT2D eigenvalue weighted by Crippen LogP contribution is 2.01. The third kappa shape index (κ3) is 6.53. The molecule has 0 unspecified atom stereocenters. The van der Waals surface area contributed by atoms with Crippen molar-refractivity contribution < 1.29 is 9.47 Å². The maximum atomic E-state index is 5.40. The fourth-order valence-corrected chi connectivity index (χ4v) is 2.03. The Kier molecular flexibility index (Phi) is 8.34. The summed E-state index contributed by atoms with van der Waals surface area (Å²) in [4.78, 5) is 0. The van der Waals surface area contributed by atoms with Crippen molar-refractivity contribution in [2.24, 2.45) is 0 Å². The quantitative estimate of drug-likeness (QED) is 0.431. The molecule has 0 heterocycles. The Morgan fingerprint density at radius 1 is 1.09 bits per heavy atom. The van der Waals surface area contributed by atoms with E-state index in [-0.39, 0.29) is 15.8 Å². The van der Waals surface area contributed by atoms with E-state index in [0.717, 1.165) is 19.3 Å². The summed E-state index contributed by atoms with van der Waals surface area (Å²) in [7, 11) is 0.0836. The van der Waals surface area contributed by atoms with Gasteiger partial charge in [-0.2, -0.15) is 0 Å². The lowest BCUT2D eigenvalue weighted by atomic mass is 10.7. The van der Waals surface area contributed by atoms with Crippen LogP contribution in [0.1, 0.15) is 20.8 Å². The Labute approximate surface area is 72.1 Å². The van der Waals surface area contributed by atoms with E-state index in [0.29, 0.717) is 0 Å². The van der Waals surface area contributed by atoms with Crippen molar-refractivity contribution in [3.8, 4) is 0 Å². The summed E-state index contributed by atoms with van der Waals surface area (Å²) in [5.74, 6) is 0. The molecular weight excluding hydrogens is 156 g/mol. The van der Waals surface area contributed by atoms with E-state index in [1.54, 1.807) is 0 Å². The normalized spacial score (nSPS) is 12.0. The van der Waals surface area contributed by atoms with Crippen LogP contribution in [0, 0.1) is 0 Å². The zero-order chi connectivity index (χ0) is 8.53. The van der Waals surface area contributed by atoms with Gasteiger partial charge in [0.2, 0.25) is 0 Å². The molecule has 3 heteroatoms. The molecule has 0 saturated heterocycles. The lowest BCUT2D eigenvalue weighted by molar-refractivity contribution is -0.123. The first kappa shape index (κ1) is 11.1. The van der Waals surface area contributed by atoms with Crippen LogP contribution in [-0.4, -0.2) is 29.0 Å². The Balaban J connectivity index is 3.34. The van der Waals surface area contributed by atoms with Crippen LogP contribution in [0.4, 0.5) is 0 Å². The second kappa shape index (κ2) is 8.24. The minimum atomic E-state index is 0.0836. The molecule has 0 aromatic heterocycles. The predicted octanol–water partition coefficient (Wildman–Crippen LogP) is 1.41. The second-order valence-electron chi connectivity index (χ2n) is 2.48. The Bertz CT molecular complexity index is 72.5. The fourth-order valence-electron chi connectivity index (χ4n) is 0.957. The molecule has 0 aromatic rings. The molecule has 0 saturated carbocycles. The number of hydrogen-bond acceptors (Lipinski definition) is 2. The zero-order valence-corrected chi connectivity index (χ0v) is 9.34. The third-order valence-electron chi connectivity index (χ3n) is 1.50. The minimum Gasteiger partial charge on any atom is -0.353 e. The molecule has 0 radical (unpaired) electrons. The van der Waals surface area contributed by atoms with Gasteiger partial charge in [0.25, 0.3) is 0 Å². The van der Waals surface area contributed by atoms with Crippen LogP contribution in [0.5, 0.6) is 0 Å². The van der Waals surface area contributed by atoms with Crippen LogP contribution < -0.4 is 0 Å². The van der Waals surface area contributed by atoms with Gasteiger partial charge in [-0.3, -0.25) is 0 Å². The highest BCUT2D eigenvalue weighted by Gasteiger charge is 2.05. The number of ether oxygens (including phenoxy) is 2. The minimum absolute atomic E-state index is 0.0836. The standard InChI is InChI=1S/C8H20O2Si/c1-4-9-8(10-5-2)7-11-6-3/h8H,4-7,11H2,1-3H3. The summed E-state index contributed by atoms with van der Waals surface area (Å²) in [6, 6.07) is 2.51. The monoisotopic (exact) mass is 176 g/mol. The van der Waals surface area contributed by atoms with Crippen LogP contribution in [0.25, 0.3) is 0 Å². The zero-order valence-electron chi connectivity index (χ0n) is 7.93. The summed E-state index contributed by atoms with van der Waals surface area (Å²) in [5.41, 5.74) is 0. The predicted molar refractivity (Wildman–Crippen MR) is 50.9 cm³/mol. The Morgan fingerprint density at radius 2 is 1.64 bits per heavy atom. The van der Waals surface area contributed by atoms with Crippen molar-refractivity contribution in [3.63, 3.8) is 0 Å². The van der Waals surface area contributed by atoms with E-state index in [1.807, 2.05) is 13.8 Å². The van der Waals surface area contributed by atoms with Crippen molar-refractivity contribution in [3.05, 3.63) is 0 Å². The van der Waals surface area contributed by atoms with Crippen LogP contribution in [0.2, 0.25) is 12.1 Å². The maximum Gasteiger partial charge on any atom is 0.154 e. The van der Waals surface area contributed by atoms with Crippen LogP contribution in [-0.2, 0) is 9.47 Å². The lowest BCUT2D eigenvalue weighted by Gasteiger charge is -2.15. The average Bonchev–Trinajstić information content (AvgIpc) is 2.01. The van der Waals surface area contributed by atoms with Gasteiger partial charge in [-0.15, -0.1) is 0 Å². The van der Waals surface area contributed by atoms with Gasteiger partial charge in [0.15, 0.2) is 6.29 Å². The van der Waals surface area contributed by atoms with E-state index < -0.39 is 0 Å². The summed E-state index contributed by atoms with van der Waals surface area (Å²) < 4.78 is 10.8. The van der Waals surface area contributed by atoms with Crippen molar-refractivity contribution >= 4 is 9.52 Å². The lowest BCUT2D eigenvalue weighted by Crippen LogP contribution is -2.18. The van der Waals surface area contributed by atoms with E-state index in [9.17, 15) is 0 Å². The molecule has 0 rings (SSSR count). The molecule has 0 aliphatic rings. The molecule has 0 aliphatic carbocycles. The van der Waals surface area contributed by atoms with Gasteiger partial charge >= 0.3 is 0 Å². The SMILES string of the molecule is CCOC(C[SiH2]CC)OCC. The van der Waals surface area contributed by atoms with Crippen molar-refractivity contribution in [1.29, 1.82) is 0 Å². The molecular formula is C8H20O2Si. The fraction of sp³-hybridized carbons (Fsp3) is 1.00. The average molecular weight is 176 g/mol. The number of hydrogen-bond donors (Lipinski definition) is 0. The van der Waals surface area contributed by atoms with Gasteiger partial charge in [-0.25, -0.2) is 0 Å². The molecule has 0 fully saturated rings. The largest absolute Gasteiger partial charge is 0.353 e. The van der Waals surface area contributed by atoms with Gasteiger partial charge in [0, 0.05) is 22.7 Å². The number of rotatable bonds is 7. The van der Waals surface area contributed by atoms with Crippen molar-refractivity contribution in [2.45, 2.75) is 39.1 Å². The van der Waals surface area contributed by atoms with E-state index in [2.05, 4.69) is 6.92 Å². The molecule has 0 spiro atoms. The van der Waals surface area contributed by atoms with Gasteiger partial charge < -0.3 is 9.47 Å². The van der Waals surface area contributed by atoms with E-state index in [4.69, 9.17) is 9.47 Å². The van der Waals surface area contributed by atoms with Crippen LogP contribution in [0.15, 0.2) is 0 Å². The van der Waals surface area contributed by atoms with Crippen molar-refractivity contribution in [2.75, 3.05) is 13.2 Å². The van der Waals surface area contributed by atoms with E-state index in [1.165, 1.54) is 6.04 Å². The van der Waals surface area contributed by atoms with Crippen LogP contribution in [0.3, 0.4) is 0 Å². The van der Waals surface area contributed by atoms with Gasteiger partial charge in [-0.05, 0) is 19.9 Å². The highest BCUT2D eigenvalue weighted by atomic mass is 28.2. The molecule has 0 bridgehead atoms. The first-order valence-electron chi connectivity index (χ1n) is 4.58. The highest BCUT2D eigenvalue weighted by molar-refractivity contribution is 6.35. The Hall–Kier alpha value is 0.137. The molecule has 68 valence electrons. The summed E-state index contributed by atoms with van der Waals surface area (Å²) in [6.07, 6.45) is 0.0941. The second-order valence-corrected chi connectivity index (χ2v) is 4.77. The van der Waals surface area contributed by atoms with Gasteiger partial charge in [0.05, 0.1) is 0 Å². The van der Waals surface area contributed by atoms with Gasteiger partial charge in [-0.1, -0.05) is 13.0 Å².